The van der Waals surface area contributed by atoms with Gasteiger partial charge < -0.3 is 9.42 Å². The van der Waals surface area contributed by atoms with Gasteiger partial charge in [-0.25, -0.2) is 4.98 Å². The van der Waals surface area contributed by atoms with Crippen molar-refractivity contribution in [1.82, 2.24) is 20.0 Å². The third-order valence-corrected chi connectivity index (χ3v) is 4.51. The van der Waals surface area contributed by atoms with Gasteiger partial charge in [0, 0.05) is 42.8 Å². The van der Waals surface area contributed by atoms with Crippen molar-refractivity contribution in [2.45, 2.75) is 31.6 Å². The molecular weight excluding hydrogens is 299 g/mol. The number of pyridine rings is 1. The average Bonchev–Trinajstić information content (AvgIpc) is 3.31. The van der Waals surface area contributed by atoms with Crippen LogP contribution in [0.2, 0.25) is 0 Å². The van der Waals surface area contributed by atoms with Crippen LogP contribution in [0.25, 0.3) is 11.5 Å². The molecule has 7 heteroatoms. The molecule has 1 amide bonds. The van der Waals surface area contributed by atoms with Gasteiger partial charge in [-0.15, -0.1) is 0 Å². The number of carbonyl (C=O) groups excluding carboxylic acids is 1. The van der Waals surface area contributed by atoms with Crippen LogP contribution in [0.5, 0.6) is 0 Å². The first-order valence-corrected chi connectivity index (χ1v) is 7.95. The molecule has 0 N–H and O–H groups in total. The SMILES string of the molecule is O=C(C1CC1)N1CCC(c2noc(-c3ccnc(F)c3)n2)CC1. The number of hydrogen-bond acceptors (Lipinski definition) is 5. The Labute approximate surface area is 132 Å². The Hall–Kier alpha value is -2.31. The van der Waals surface area contributed by atoms with Crippen LogP contribution < -0.4 is 0 Å². The summed E-state index contributed by atoms with van der Waals surface area (Å²) >= 11 is 0. The van der Waals surface area contributed by atoms with Gasteiger partial charge in [-0.05, 0) is 31.7 Å². The lowest BCUT2D eigenvalue weighted by molar-refractivity contribution is -0.133. The van der Waals surface area contributed by atoms with Crippen LogP contribution in [0, 0.1) is 11.9 Å². The lowest BCUT2D eigenvalue weighted by Crippen LogP contribution is -2.38. The zero-order valence-electron chi connectivity index (χ0n) is 12.6. The van der Waals surface area contributed by atoms with E-state index in [1.165, 1.54) is 12.3 Å². The molecule has 3 heterocycles. The number of likely N-dealkylation sites (tertiary alicyclic amines) is 1. The second-order valence-corrected chi connectivity index (χ2v) is 6.20. The molecule has 0 aromatic carbocycles. The second kappa shape index (κ2) is 5.72. The molecular formula is C16H17FN4O2. The molecule has 0 atom stereocenters. The van der Waals surface area contributed by atoms with Crippen LogP contribution in [0.1, 0.15) is 37.4 Å². The Kier molecular flexibility index (Phi) is 3.55. The lowest BCUT2D eigenvalue weighted by Gasteiger charge is -2.30. The van der Waals surface area contributed by atoms with Crippen molar-refractivity contribution in [3.8, 4) is 11.5 Å². The average molecular weight is 316 g/mol. The first kappa shape index (κ1) is 14.3. The summed E-state index contributed by atoms with van der Waals surface area (Å²) in [5.41, 5.74) is 0.526. The maximum Gasteiger partial charge on any atom is 0.258 e. The van der Waals surface area contributed by atoms with Crippen LogP contribution in [0.3, 0.4) is 0 Å². The van der Waals surface area contributed by atoms with Crippen molar-refractivity contribution in [3.63, 3.8) is 0 Å². The second-order valence-electron chi connectivity index (χ2n) is 6.20. The van der Waals surface area contributed by atoms with Gasteiger partial charge in [-0.3, -0.25) is 4.79 Å². The molecule has 0 spiro atoms. The number of nitrogens with zero attached hydrogens (tertiary/aromatic N) is 4. The van der Waals surface area contributed by atoms with Crippen molar-refractivity contribution in [2.75, 3.05) is 13.1 Å². The first-order chi connectivity index (χ1) is 11.2. The zero-order valence-corrected chi connectivity index (χ0v) is 12.6. The Balaban J connectivity index is 1.42. The molecule has 2 aromatic heterocycles. The van der Waals surface area contributed by atoms with Gasteiger partial charge in [0.15, 0.2) is 5.82 Å². The maximum atomic E-state index is 13.2. The van der Waals surface area contributed by atoms with E-state index in [0.717, 1.165) is 38.8 Å². The molecule has 1 aliphatic carbocycles. The van der Waals surface area contributed by atoms with Crippen molar-refractivity contribution in [1.29, 1.82) is 0 Å². The topological polar surface area (TPSA) is 72.1 Å². The Morgan fingerprint density at radius 2 is 2.04 bits per heavy atom. The van der Waals surface area contributed by atoms with E-state index >= 15 is 0 Å². The lowest BCUT2D eigenvalue weighted by atomic mass is 9.96. The fourth-order valence-corrected chi connectivity index (χ4v) is 3.00. The molecule has 23 heavy (non-hydrogen) atoms. The van der Waals surface area contributed by atoms with E-state index in [9.17, 15) is 9.18 Å². The number of aromatic nitrogens is 3. The van der Waals surface area contributed by atoms with Gasteiger partial charge in [0.2, 0.25) is 11.9 Å². The highest BCUT2D eigenvalue weighted by Crippen LogP contribution is 2.34. The summed E-state index contributed by atoms with van der Waals surface area (Å²) in [6.45, 7) is 1.49. The first-order valence-electron chi connectivity index (χ1n) is 7.95. The molecule has 2 aromatic rings. The quantitative estimate of drug-likeness (QED) is 0.813. The monoisotopic (exact) mass is 316 g/mol. The fraction of sp³-hybridized carbons (Fsp3) is 0.500. The Morgan fingerprint density at radius 1 is 1.26 bits per heavy atom. The number of amides is 1. The van der Waals surface area contributed by atoms with Gasteiger partial charge in [0.1, 0.15) is 0 Å². The van der Waals surface area contributed by atoms with E-state index in [4.69, 9.17) is 4.52 Å². The molecule has 1 saturated heterocycles. The highest BCUT2D eigenvalue weighted by atomic mass is 19.1. The van der Waals surface area contributed by atoms with Crippen molar-refractivity contribution in [2.24, 2.45) is 5.92 Å². The number of hydrogen-bond donors (Lipinski definition) is 0. The summed E-state index contributed by atoms with van der Waals surface area (Å²) in [6.07, 6.45) is 5.12. The standard InChI is InChI=1S/C16H17FN4O2/c17-13-9-12(3-6-18-13)15-19-14(20-23-15)10-4-7-21(8-5-10)16(22)11-1-2-11/h3,6,9-11H,1-2,4-5,7-8H2. The fourth-order valence-electron chi connectivity index (χ4n) is 3.00. The van der Waals surface area contributed by atoms with Gasteiger partial charge in [-0.2, -0.15) is 9.37 Å². The normalized spacial score (nSPS) is 19.1. The van der Waals surface area contributed by atoms with Gasteiger partial charge in [-0.1, -0.05) is 5.16 Å². The van der Waals surface area contributed by atoms with Crippen molar-refractivity contribution >= 4 is 5.91 Å². The van der Waals surface area contributed by atoms with Gasteiger partial charge in [0.25, 0.3) is 5.89 Å². The summed E-state index contributed by atoms with van der Waals surface area (Å²) in [5.74, 6) is 1.11. The smallest absolute Gasteiger partial charge is 0.258 e. The number of carbonyl (C=O) groups is 1. The van der Waals surface area contributed by atoms with E-state index in [-0.39, 0.29) is 11.8 Å². The summed E-state index contributed by atoms with van der Waals surface area (Å²) in [7, 11) is 0. The summed E-state index contributed by atoms with van der Waals surface area (Å²) in [4.78, 5) is 21.9. The molecule has 1 saturated carbocycles. The Bertz CT molecular complexity index is 720. The minimum atomic E-state index is -0.575. The highest BCUT2D eigenvalue weighted by Gasteiger charge is 2.35. The van der Waals surface area contributed by atoms with E-state index in [1.807, 2.05) is 4.90 Å². The van der Waals surface area contributed by atoms with E-state index in [2.05, 4.69) is 15.1 Å². The van der Waals surface area contributed by atoms with Crippen LogP contribution >= 0.6 is 0 Å². The zero-order chi connectivity index (χ0) is 15.8. The molecule has 0 radical (unpaired) electrons. The van der Waals surface area contributed by atoms with E-state index in [0.29, 0.717) is 23.2 Å². The van der Waals surface area contributed by atoms with E-state index in [1.54, 1.807) is 6.07 Å². The predicted molar refractivity (Wildman–Crippen MR) is 78.8 cm³/mol. The third-order valence-electron chi connectivity index (χ3n) is 4.51. The summed E-state index contributed by atoms with van der Waals surface area (Å²) in [6, 6.07) is 2.91. The van der Waals surface area contributed by atoms with Crippen LogP contribution in [-0.2, 0) is 4.79 Å². The highest BCUT2D eigenvalue weighted by molar-refractivity contribution is 5.81. The number of piperidine rings is 1. The third kappa shape index (κ3) is 2.95. The van der Waals surface area contributed by atoms with Crippen LogP contribution in [0.4, 0.5) is 4.39 Å². The Morgan fingerprint density at radius 3 is 2.74 bits per heavy atom. The van der Waals surface area contributed by atoms with E-state index < -0.39 is 5.95 Å². The number of halogens is 1. The minimum Gasteiger partial charge on any atom is -0.342 e. The molecule has 120 valence electrons. The molecule has 0 unspecified atom stereocenters. The van der Waals surface area contributed by atoms with Gasteiger partial charge in [0.05, 0.1) is 0 Å². The maximum absolute atomic E-state index is 13.2. The van der Waals surface area contributed by atoms with Crippen LogP contribution in [0.15, 0.2) is 22.9 Å². The predicted octanol–water partition coefficient (Wildman–Crippen LogP) is 2.39. The molecule has 1 aliphatic heterocycles. The summed E-state index contributed by atoms with van der Waals surface area (Å²) < 4.78 is 18.4. The molecule has 0 bridgehead atoms. The molecule has 2 aliphatic rings. The van der Waals surface area contributed by atoms with Crippen LogP contribution in [-0.4, -0.2) is 39.0 Å². The minimum absolute atomic E-state index is 0.183. The van der Waals surface area contributed by atoms with Crippen molar-refractivity contribution < 1.29 is 13.7 Å². The largest absolute Gasteiger partial charge is 0.342 e. The molecule has 4 rings (SSSR count). The molecule has 2 fully saturated rings. The molecule has 6 nitrogen and oxygen atoms in total. The number of rotatable bonds is 3. The summed E-state index contributed by atoms with van der Waals surface area (Å²) in [5, 5.41) is 4.03. The van der Waals surface area contributed by atoms with Crippen molar-refractivity contribution in [3.05, 3.63) is 30.1 Å². The van der Waals surface area contributed by atoms with Gasteiger partial charge >= 0.3 is 0 Å².